The predicted octanol–water partition coefficient (Wildman–Crippen LogP) is 3.56. The number of aromatic nitrogens is 1. The third-order valence-electron chi connectivity index (χ3n) is 4.56. The van der Waals surface area contributed by atoms with Crippen LogP contribution in [-0.2, 0) is 13.1 Å². The highest BCUT2D eigenvalue weighted by atomic mass is 16.7. The van der Waals surface area contributed by atoms with Crippen molar-refractivity contribution in [2.75, 3.05) is 13.3 Å². The van der Waals surface area contributed by atoms with Crippen molar-refractivity contribution >= 4 is 5.52 Å². The standard InChI is InChI=1S/C20H19N3O2/c1-2-22(11-15-6-7-19-20(9-15)25-14-24-19)12-16-13-23-8-4-3-5-18(23)17(16)10-21/h3-9,13H,2,11-12,14H2,1H3. The molecule has 0 radical (unpaired) electrons. The maximum atomic E-state index is 9.57. The van der Waals surface area contributed by atoms with Crippen molar-refractivity contribution in [1.29, 1.82) is 5.26 Å². The lowest BCUT2D eigenvalue weighted by Crippen LogP contribution is -2.22. The zero-order valence-corrected chi connectivity index (χ0v) is 14.1. The SMILES string of the molecule is CCN(Cc1ccc2c(c1)OCO2)Cc1cn2ccccc2c1C#N. The highest BCUT2D eigenvalue weighted by Crippen LogP contribution is 2.33. The Morgan fingerprint density at radius 2 is 2.04 bits per heavy atom. The van der Waals surface area contributed by atoms with Crippen molar-refractivity contribution < 1.29 is 9.47 Å². The van der Waals surface area contributed by atoms with E-state index >= 15 is 0 Å². The molecule has 3 aromatic rings. The second-order valence-electron chi connectivity index (χ2n) is 6.13. The van der Waals surface area contributed by atoms with E-state index in [-0.39, 0.29) is 0 Å². The molecule has 126 valence electrons. The van der Waals surface area contributed by atoms with Crippen molar-refractivity contribution in [2.45, 2.75) is 20.0 Å². The number of rotatable bonds is 5. The molecular weight excluding hydrogens is 314 g/mol. The molecule has 4 rings (SSSR count). The molecule has 0 unspecified atom stereocenters. The minimum Gasteiger partial charge on any atom is -0.454 e. The fourth-order valence-corrected chi connectivity index (χ4v) is 3.24. The predicted molar refractivity (Wildman–Crippen MR) is 94.5 cm³/mol. The van der Waals surface area contributed by atoms with Gasteiger partial charge < -0.3 is 13.9 Å². The van der Waals surface area contributed by atoms with Crippen molar-refractivity contribution in [3.63, 3.8) is 0 Å². The molecule has 1 aliphatic rings. The van der Waals surface area contributed by atoms with Gasteiger partial charge in [0.1, 0.15) is 6.07 Å². The van der Waals surface area contributed by atoms with Gasteiger partial charge in [-0.3, -0.25) is 4.90 Å². The van der Waals surface area contributed by atoms with Gasteiger partial charge >= 0.3 is 0 Å². The number of benzene rings is 1. The summed E-state index contributed by atoms with van der Waals surface area (Å²) in [7, 11) is 0. The highest BCUT2D eigenvalue weighted by Gasteiger charge is 2.16. The number of fused-ring (bicyclic) bond motifs is 2. The molecule has 0 aliphatic carbocycles. The number of hydrogen-bond acceptors (Lipinski definition) is 4. The van der Waals surface area contributed by atoms with E-state index in [1.165, 1.54) is 5.56 Å². The number of nitriles is 1. The van der Waals surface area contributed by atoms with Crippen LogP contribution in [0.15, 0.2) is 48.8 Å². The van der Waals surface area contributed by atoms with Gasteiger partial charge in [-0.1, -0.05) is 19.1 Å². The highest BCUT2D eigenvalue weighted by molar-refractivity contribution is 5.65. The molecule has 0 saturated carbocycles. The molecule has 2 aromatic heterocycles. The molecule has 3 heterocycles. The first kappa shape index (κ1) is 15.6. The van der Waals surface area contributed by atoms with Crippen LogP contribution in [0.4, 0.5) is 0 Å². The van der Waals surface area contributed by atoms with Crippen LogP contribution in [0.2, 0.25) is 0 Å². The minimum absolute atomic E-state index is 0.291. The lowest BCUT2D eigenvalue weighted by Gasteiger charge is -2.20. The molecule has 0 atom stereocenters. The summed E-state index contributed by atoms with van der Waals surface area (Å²) in [4.78, 5) is 2.31. The summed E-state index contributed by atoms with van der Waals surface area (Å²) < 4.78 is 12.8. The molecule has 5 nitrogen and oxygen atoms in total. The molecular formula is C20H19N3O2. The largest absolute Gasteiger partial charge is 0.454 e. The van der Waals surface area contributed by atoms with Crippen LogP contribution >= 0.6 is 0 Å². The first-order valence-corrected chi connectivity index (χ1v) is 8.38. The summed E-state index contributed by atoms with van der Waals surface area (Å²) in [6.45, 7) is 4.85. The zero-order valence-electron chi connectivity index (χ0n) is 14.1. The van der Waals surface area contributed by atoms with Crippen molar-refractivity contribution in [1.82, 2.24) is 9.30 Å². The number of pyridine rings is 1. The zero-order chi connectivity index (χ0) is 17.2. The maximum Gasteiger partial charge on any atom is 0.231 e. The number of hydrogen-bond donors (Lipinski definition) is 0. The van der Waals surface area contributed by atoms with E-state index in [4.69, 9.17) is 9.47 Å². The Morgan fingerprint density at radius 1 is 1.16 bits per heavy atom. The van der Waals surface area contributed by atoms with Gasteiger partial charge in [0.2, 0.25) is 6.79 Å². The minimum atomic E-state index is 0.291. The first-order valence-electron chi connectivity index (χ1n) is 8.38. The Morgan fingerprint density at radius 3 is 2.88 bits per heavy atom. The van der Waals surface area contributed by atoms with Gasteiger partial charge in [-0.25, -0.2) is 0 Å². The Balaban J connectivity index is 1.57. The summed E-state index contributed by atoms with van der Waals surface area (Å²) in [6.07, 6.45) is 4.03. The van der Waals surface area contributed by atoms with Gasteiger partial charge in [0.25, 0.3) is 0 Å². The first-order chi connectivity index (χ1) is 12.3. The lowest BCUT2D eigenvalue weighted by atomic mass is 10.1. The molecule has 1 aliphatic heterocycles. The quantitative estimate of drug-likeness (QED) is 0.716. The van der Waals surface area contributed by atoms with E-state index in [0.29, 0.717) is 6.79 Å². The van der Waals surface area contributed by atoms with E-state index in [2.05, 4.69) is 30.2 Å². The van der Waals surface area contributed by atoms with Gasteiger partial charge in [-0.2, -0.15) is 5.26 Å². The topological polar surface area (TPSA) is 49.9 Å². The third kappa shape index (κ3) is 2.92. The average molecular weight is 333 g/mol. The van der Waals surface area contributed by atoms with Gasteiger partial charge in [0, 0.05) is 31.0 Å². The molecule has 0 amide bonds. The molecule has 5 heteroatoms. The van der Waals surface area contributed by atoms with Gasteiger partial charge in [-0.05, 0) is 36.4 Å². The summed E-state index contributed by atoms with van der Waals surface area (Å²) in [6, 6.07) is 14.3. The van der Waals surface area contributed by atoms with Crippen molar-refractivity contribution in [3.8, 4) is 17.6 Å². The van der Waals surface area contributed by atoms with Crippen molar-refractivity contribution in [2.24, 2.45) is 0 Å². The summed E-state index contributed by atoms with van der Waals surface area (Å²) in [5.74, 6) is 1.61. The normalized spacial score (nSPS) is 12.7. The van der Waals surface area contributed by atoms with Crippen LogP contribution in [0, 0.1) is 11.3 Å². The Bertz CT molecular complexity index is 955. The fourth-order valence-electron chi connectivity index (χ4n) is 3.24. The van der Waals surface area contributed by atoms with Crippen LogP contribution in [-0.4, -0.2) is 22.6 Å². The van der Waals surface area contributed by atoms with Gasteiger partial charge in [-0.15, -0.1) is 0 Å². The van der Waals surface area contributed by atoms with Crippen molar-refractivity contribution in [3.05, 3.63) is 65.5 Å². The summed E-state index contributed by atoms with van der Waals surface area (Å²) in [5.41, 5.74) is 3.94. The van der Waals surface area contributed by atoms with E-state index in [1.54, 1.807) is 0 Å². The van der Waals surface area contributed by atoms with Gasteiger partial charge in [0.05, 0.1) is 11.1 Å². The number of ether oxygens (including phenoxy) is 2. The average Bonchev–Trinajstić information content (AvgIpc) is 3.24. The molecule has 25 heavy (non-hydrogen) atoms. The van der Waals surface area contributed by atoms with Crippen LogP contribution in [0.25, 0.3) is 5.52 Å². The molecule has 0 spiro atoms. The molecule has 1 aromatic carbocycles. The van der Waals surface area contributed by atoms with Crippen LogP contribution in [0.1, 0.15) is 23.6 Å². The molecule has 0 bridgehead atoms. The van der Waals surface area contributed by atoms with E-state index in [0.717, 1.165) is 47.8 Å². The van der Waals surface area contributed by atoms with Crippen LogP contribution in [0.5, 0.6) is 11.5 Å². The molecule has 0 fully saturated rings. The van der Waals surface area contributed by atoms with Crippen LogP contribution < -0.4 is 9.47 Å². The van der Waals surface area contributed by atoms with E-state index < -0.39 is 0 Å². The van der Waals surface area contributed by atoms with E-state index in [1.807, 2.05) is 40.9 Å². The third-order valence-corrected chi connectivity index (χ3v) is 4.56. The summed E-state index contributed by atoms with van der Waals surface area (Å²) >= 11 is 0. The summed E-state index contributed by atoms with van der Waals surface area (Å²) in [5, 5.41) is 9.57. The van der Waals surface area contributed by atoms with E-state index in [9.17, 15) is 5.26 Å². The Hall–Kier alpha value is -2.97. The second kappa shape index (κ2) is 6.50. The monoisotopic (exact) mass is 333 g/mol. The maximum absolute atomic E-state index is 9.57. The fraction of sp³-hybridized carbons (Fsp3) is 0.250. The second-order valence-corrected chi connectivity index (χ2v) is 6.13. The Kier molecular flexibility index (Phi) is 4.04. The number of nitrogens with zero attached hydrogens (tertiary/aromatic N) is 3. The lowest BCUT2D eigenvalue weighted by molar-refractivity contribution is 0.174. The van der Waals surface area contributed by atoms with Gasteiger partial charge in [0.15, 0.2) is 11.5 Å². The smallest absolute Gasteiger partial charge is 0.231 e. The molecule has 0 N–H and O–H groups in total. The molecule has 0 saturated heterocycles. The Labute approximate surface area is 146 Å². The van der Waals surface area contributed by atoms with Crippen LogP contribution in [0.3, 0.4) is 0 Å².